The van der Waals surface area contributed by atoms with Gasteiger partial charge in [-0.1, -0.05) is 18.2 Å². The predicted octanol–water partition coefficient (Wildman–Crippen LogP) is 2.57. The molecule has 2 heteroatoms. The average molecular weight is 257 g/mol. The third-order valence-electron chi connectivity index (χ3n) is 5.86. The molecule has 1 aromatic rings. The molecule has 2 aliphatic carbocycles. The summed E-state index contributed by atoms with van der Waals surface area (Å²) in [5.74, 6) is 0. The Kier molecular flexibility index (Phi) is 2.55. The van der Waals surface area contributed by atoms with Gasteiger partial charge in [-0.25, -0.2) is 0 Å². The van der Waals surface area contributed by atoms with Crippen molar-refractivity contribution >= 4 is 0 Å². The second kappa shape index (κ2) is 4.07. The van der Waals surface area contributed by atoms with Gasteiger partial charge in [0.25, 0.3) is 0 Å². The molecule has 3 aliphatic rings. The molecule has 1 heterocycles. The Morgan fingerprint density at radius 3 is 2.37 bits per heavy atom. The van der Waals surface area contributed by atoms with Gasteiger partial charge in [-0.15, -0.1) is 0 Å². The molecule has 0 aromatic heterocycles. The molecule has 2 N–H and O–H groups in total. The van der Waals surface area contributed by atoms with Crippen LogP contribution in [0.1, 0.15) is 42.4 Å². The summed E-state index contributed by atoms with van der Waals surface area (Å²) in [4.78, 5) is 0. The Morgan fingerprint density at radius 1 is 1.05 bits per heavy atom. The summed E-state index contributed by atoms with van der Waals surface area (Å²) in [5.41, 5.74) is 11.3. The SMILES string of the molecule is NCC1(C2(c3ccc4c(c3)CCCC4)COC2)CC1. The highest BCUT2D eigenvalue weighted by Gasteiger charge is 2.62. The van der Waals surface area contributed by atoms with Crippen LogP contribution in [0.5, 0.6) is 0 Å². The Labute approximate surface area is 115 Å². The second-order valence-electron chi connectivity index (χ2n) is 6.75. The molecule has 0 radical (unpaired) electrons. The van der Waals surface area contributed by atoms with Crippen LogP contribution < -0.4 is 5.73 Å². The molecule has 1 saturated heterocycles. The zero-order valence-corrected chi connectivity index (χ0v) is 11.6. The molecular weight excluding hydrogens is 234 g/mol. The van der Waals surface area contributed by atoms with Crippen LogP contribution in [0.3, 0.4) is 0 Å². The van der Waals surface area contributed by atoms with Gasteiger partial charge in [0.05, 0.1) is 13.2 Å². The van der Waals surface area contributed by atoms with Crippen molar-refractivity contribution in [3.8, 4) is 0 Å². The van der Waals surface area contributed by atoms with Gasteiger partial charge in [0.15, 0.2) is 0 Å². The predicted molar refractivity (Wildman–Crippen MR) is 76.3 cm³/mol. The van der Waals surface area contributed by atoms with E-state index < -0.39 is 0 Å². The highest BCUT2D eigenvalue weighted by atomic mass is 16.5. The zero-order valence-electron chi connectivity index (χ0n) is 11.6. The first-order chi connectivity index (χ1) is 9.30. The quantitative estimate of drug-likeness (QED) is 0.903. The number of hydrogen-bond donors (Lipinski definition) is 1. The molecule has 1 aliphatic heterocycles. The molecule has 102 valence electrons. The highest BCUT2D eigenvalue weighted by molar-refractivity contribution is 5.41. The average Bonchev–Trinajstić information content (AvgIpc) is 3.19. The fourth-order valence-corrected chi connectivity index (χ4v) is 4.15. The summed E-state index contributed by atoms with van der Waals surface area (Å²) in [6, 6.07) is 7.21. The van der Waals surface area contributed by atoms with Crippen molar-refractivity contribution in [1.29, 1.82) is 0 Å². The van der Waals surface area contributed by atoms with Gasteiger partial charge in [-0.05, 0) is 67.2 Å². The number of aryl methyl sites for hydroxylation is 2. The van der Waals surface area contributed by atoms with E-state index in [1.807, 2.05) is 0 Å². The van der Waals surface area contributed by atoms with Crippen molar-refractivity contribution in [3.63, 3.8) is 0 Å². The van der Waals surface area contributed by atoms with Gasteiger partial charge in [-0.2, -0.15) is 0 Å². The van der Waals surface area contributed by atoms with Crippen molar-refractivity contribution in [1.82, 2.24) is 0 Å². The Morgan fingerprint density at radius 2 is 1.79 bits per heavy atom. The monoisotopic (exact) mass is 257 g/mol. The molecule has 19 heavy (non-hydrogen) atoms. The van der Waals surface area contributed by atoms with E-state index in [9.17, 15) is 0 Å². The van der Waals surface area contributed by atoms with E-state index in [2.05, 4.69) is 18.2 Å². The van der Waals surface area contributed by atoms with Crippen molar-refractivity contribution in [2.24, 2.45) is 11.1 Å². The molecule has 2 nitrogen and oxygen atoms in total. The third-order valence-corrected chi connectivity index (χ3v) is 5.86. The maximum absolute atomic E-state index is 6.08. The lowest BCUT2D eigenvalue weighted by molar-refractivity contribution is -0.0973. The van der Waals surface area contributed by atoms with Gasteiger partial charge >= 0.3 is 0 Å². The minimum atomic E-state index is 0.230. The minimum Gasteiger partial charge on any atom is -0.379 e. The molecule has 0 bridgehead atoms. The Hall–Kier alpha value is -0.860. The first kappa shape index (κ1) is 11.9. The maximum atomic E-state index is 6.08. The third kappa shape index (κ3) is 1.56. The van der Waals surface area contributed by atoms with Crippen molar-refractivity contribution in [3.05, 3.63) is 34.9 Å². The lowest BCUT2D eigenvalue weighted by atomic mass is 9.65. The molecule has 0 unspecified atom stereocenters. The summed E-state index contributed by atoms with van der Waals surface area (Å²) < 4.78 is 5.61. The van der Waals surface area contributed by atoms with E-state index in [0.29, 0.717) is 5.41 Å². The Balaban J connectivity index is 1.75. The van der Waals surface area contributed by atoms with Gasteiger partial charge in [0.2, 0.25) is 0 Å². The van der Waals surface area contributed by atoms with Crippen molar-refractivity contribution in [2.45, 2.75) is 43.9 Å². The zero-order chi connectivity index (χ0) is 12.9. The van der Waals surface area contributed by atoms with E-state index in [1.165, 1.54) is 44.1 Å². The topological polar surface area (TPSA) is 35.2 Å². The first-order valence-corrected chi connectivity index (χ1v) is 7.70. The number of rotatable bonds is 3. The lowest BCUT2D eigenvalue weighted by Gasteiger charge is -2.48. The number of nitrogens with two attached hydrogens (primary N) is 1. The summed E-state index contributed by atoms with van der Waals surface area (Å²) in [6.45, 7) is 2.57. The number of ether oxygens (including phenoxy) is 1. The van der Waals surface area contributed by atoms with E-state index in [0.717, 1.165) is 19.8 Å². The maximum Gasteiger partial charge on any atom is 0.0591 e. The molecule has 0 spiro atoms. The first-order valence-electron chi connectivity index (χ1n) is 7.70. The van der Waals surface area contributed by atoms with Crippen LogP contribution in [-0.2, 0) is 23.0 Å². The fourth-order valence-electron chi connectivity index (χ4n) is 4.15. The van der Waals surface area contributed by atoms with Gasteiger partial charge in [0, 0.05) is 5.41 Å². The minimum absolute atomic E-state index is 0.230. The molecular formula is C17H23NO. The summed E-state index contributed by atoms with van der Waals surface area (Å²) in [7, 11) is 0. The second-order valence-corrected chi connectivity index (χ2v) is 6.75. The van der Waals surface area contributed by atoms with Crippen LogP contribution in [0.2, 0.25) is 0 Å². The standard InChI is InChI=1S/C17H23NO/c18-10-16(7-8-16)17(11-19-12-17)15-6-5-13-3-1-2-4-14(13)9-15/h5-6,9H,1-4,7-8,10-12,18H2. The van der Waals surface area contributed by atoms with E-state index in [1.54, 1.807) is 11.1 Å². The molecule has 4 rings (SSSR count). The molecule has 1 aromatic carbocycles. The number of hydrogen-bond acceptors (Lipinski definition) is 2. The van der Waals surface area contributed by atoms with Crippen LogP contribution >= 0.6 is 0 Å². The van der Waals surface area contributed by atoms with Crippen LogP contribution in [0.25, 0.3) is 0 Å². The van der Waals surface area contributed by atoms with Crippen LogP contribution in [0.4, 0.5) is 0 Å². The number of fused-ring (bicyclic) bond motifs is 1. The molecule has 2 fully saturated rings. The van der Waals surface area contributed by atoms with E-state index in [4.69, 9.17) is 10.5 Å². The smallest absolute Gasteiger partial charge is 0.0591 e. The molecule has 0 amide bonds. The fraction of sp³-hybridized carbons (Fsp3) is 0.647. The Bertz CT molecular complexity index is 500. The normalized spacial score (nSPS) is 26.4. The summed E-state index contributed by atoms with van der Waals surface area (Å²) >= 11 is 0. The molecule has 1 saturated carbocycles. The largest absolute Gasteiger partial charge is 0.379 e. The summed E-state index contributed by atoms with van der Waals surface area (Å²) in [6.07, 6.45) is 7.79. The van der Waals surface area contributed by atoms with Gasteiger partial charge in [0.1, 0.15) is 0 Å². The van der Waals surface area contributed by atoms with Crippen LogP contribution in [0, 0.1) is 5.41 Å². The highest BCUT2D eigenvalue weighted by Crippen LogP contribution is 2.61. The van der Waals surface area contributed by atoms with Gasteiger partial charge < -0.3 is 10.5 Å². The van der Waals surface area contributed by atoms with E-state index in [-0.39, 0.29) is 5.41 Å². The van der Waals surface area contributed by atoms with Crippen LogP contribution in [-0.4, -0.2) is 19.8 Å². The lowest BCUT2D eigenvalue weighted by Crippen LogP contribution is -2.56. The van der Waals surface area contributed by atoms with Crippen molar-refractivity contribution < 1.29 is 4.74 Å². The van der Waals surface area contributed by atoms with Gasteiger partial charge in [-0.3, -0.25) is 0 Å². The number of benzene rings is 1. The van der Waals surface area contributed by atoms with Crippen LogP contribution in [0.15, 0.2) is 18.2 Å². The van der Waals surface area contributed by atoms with E-state index >= 15 is 0 Å². The van der Waals surface area contributed by atoms with Crippen molar-refractivity contribution in [2.75, 3.05) is 19.8 Å². The summed E-state index contributed by atoms with van der Waals surface area (Å²) in [5, 5.41) is 0. The molecule has 0 atom stereocenters.